The number of nitrogens with two attached hydrogens (primary N) is 1. The van der Waals surface area contributed by atoms with Crippen molar-refractivity contribution in [3.63, 3.8) is 0 Å². The molecule has 0 spiro atoms. The van der Waals surface area contributed by atoms with Gasteiger partial charge in [-0.2, -0.15) is 0 Å². The fraction of sp³-hybridized carbons (Fsp3) is 0.500. The fourth-order valence-electron chi connectivity index (χ4n) is 1.65. The van der Waals surface area contributed by atoms with Crippen molar-refractivity contribution in [3.8, 4) is 0 Å². The summed E-state index contributed by atoms with van der Waals surface area (Å²) < 4.78 is 14.8. The molecule has 2 N–H and O–H groups in total. The normalized spacial score (nSPS) is 10.7. The van der Waals surface area contributed by atoms with Gasteiger partial charge in [0.2, 0.25) is 0 Å². The number of hydrogen-bond donors (Lipinski definition) is 1. The van der Waals surface area contributed by atoms with Crippen LogP contribution in [0.3, 0.4) is 0 Å². The molecule has 1 aromatic carbocycles. The van der Waals surface area contributed by atoms with Crippen LogP contribution in [0, 0.1) is 19.7 Å². The van der Waals surface area contributed by atoms with E-state index in [0.29, 0.717) is 12.1 Å². The number of rotatable bonds is 4. The lowest BCUT2D eigenvalue weighted by Crippen LogP contribution is -2.02. The van der Waals surface area contributed by atoms with Gasteiger partial charge in [-0.15, -0.1) is 0 Å². The first-order valence-corrected chi connectivity index (χ1v) is 6.01. The van der Waals surface area contributed by atoms with E-state index in [0.717, 1.165) is 34.9 Å². The Hall–Kier alpha value is -0.410. The van der Waals surface area contributed by atoms with Crippen LogP contribution < -0.4 is 5.73 Å². The second kappa shape index (κ2) is 5.61. The molecule has 0 aliphatic carbocycles. The van der Waals surface area contributed by atoms with Crippen LogP contribution in [0.25, 0.3) is 0 Å². The lowest BCUT2D eigenvalue weighted by molar-refractivity contribution is 0.589. The summed E-state index contributed by atoms with van der Waals surface area (Å²) in [7, 11) is 0. The summed E-state index contributed by atoms with van der Waals surface area (Å²) in [4.78, 5) is 0. The summed E-state index contributed by atoms with van der Waals surface area (Å²) >= 11 is 3.45. The highest BCUT2D eigenvalue weighted by atomic mass is 79.9. The number of hydrogen-bond acceptors (Lipinski definition) is 1. The predicted molar refractivity (Wildman–Crippen MR) is 65.6 cm³/mol. The Kier molecular flexibility index (Phi) is 4.74. The van der Waals surface area contributed by atoms with E-state index in [-0.39, 0.29) is 5.82 Å². The van der Waals surface area contributed by atoms with Crippen LogP contribution in [-0.2, 0) is 6.42 Å². The maximum absolute atomic E-state index is 13.8. The lowest BCUT2D eigenvalue weighted by Gasteiger charge is -2.11. The topological polar surface area (TPSA) is 26.0 Å². The Balaban J connectivity index is 2.94. The average Bonchev–Trinajstić information content (AvgIpc) is 2.20. The van der Waals surface area contributed by atoms with Crippen molar-refractivity contribution < 1.29 is 4.39 Å². The molecule has 0 saturated carbocycles. The molecule has 0 aliphatic heterocycles. The Morgan fingerprint density at radius 2 is 2.00 bits per heavy atom. The number of benzene rings is 1. The van der Waals surface area contributed by atoms with Crippen molar-refractivity contribution in [2.24, 2.45) is 5.73 Å². The number of halogens is 2. The van der Waals surface area contributed by atoms with Crippen molar-refractivity contribution in [1.29, 1.82) is 0 Å². The molecule has 0 fully saturated rings. The zero-order valence-electron chi connectivity index (χ0n) is 9.24. The Bertz CT molecular complexity index is 324. The molecule has 0 amide bonds. The van der Waals surface area contributed by atoms with E-state index in [2.05, 4.69) is 15.9 Å². The predicted octanol–water partition coefficient (Wildman–Crippen LogP) is 3.49. The van der Waals surface area contributed by atoms with Crippen molar-refractivity contribution in [1.82, 2.24) is 0 Å². The monoisotopic (exact) mass is 273 g/mol. The first-order chi connectivity index (χ1) is 7.07. The van der Waals surface area contributed by atoms with Crippen molar-refractivity contribution in [2.75, 3.05) is 6.54 Å². The summed E-state index contributed by atoms with van der Waals surface area (Å²) in [6.07, 6.45) is 2.67. The summed E-state index contributed by atoms with van der Waals surface area (Å²) in [6, 6.07) is 1.83. The highest BCUT2D eigenvalue weighted by molar-refractivity contribution is 9.10. The number of aryl methyl sites for hydroxylation is 1. The molecular formula is C12H17BrFN. The summed E-state index contributed by atoms with van der Waals surface area (Å²) in [5, 5.41) is 0. The van der Waals surface area contributed by atoms with Crippen LogP contribution in [0.4, 0.5) is 4.39 Å². The maximum Gasteiger partial charge on any atom is 0.129 e. The number of unbranched alkanes of at least 4 members (excludes halogenated alkanes) is 1. The quantitative estimate of drug-likeness (QED) is 0.836. The maximum atomic E-state index is 13.8. The third-order valence-electron chi connectivity index (χ3n) is 2.65. The average molecular weight is 274 g/mol. The minimum atomic E-state index is -0.0623. The van der Waals surface area contributed by atoms with Crippen molar-refractivity contribution >= 4 is 15.9 Å². The molecule has 0 unspecified atom stereocenters. The molecule has 0 heterocycles. The van der Waals surface area contributed by atoms with E-state index < -0.39 is 0 Å². The van der Waals surface area contributed by atoms with E-state index >= 15 is 0 Å². The molecule has 1 aromatic rings. The zero-order valence-corrected chi connectivity index (χ0v) is 10.8. The van der Waals surface area contributed by atoms with Gasteiger partial charge in [-0.05, 0) is 62.4 Å². The molecule has 0 aromatic heterocycles. The molecule has 84 valence electrons. The third kappa shape index (κ3) is 3.02. The van der Waals surface area contributed by atoms with Crippen LogP contribution in [-0.4, -0.2) is 6.54 Å². The largest absolute Gasteiger partial charge is 0.330 e. The molecule has 0 bridgehead atoms. The minimum Gasteiger partial charge on any atom is -0.330 e. The van der Waals surface area contributed by atoms with Crippen LogP contribution in [0.5, 0.6) is 0 Å². The molecule has 0 radical (unpaired) electrons. The van der Waals surface area contributed by atoms with Gasteiger partial charge in [-0.25, -0.2) is 4.39 Å². The van der Waals surface area contributed by atoms with Crippen molar-refractivity contribution in [2.45, 2.75) is 33.1 Å². The van der Waals surface area contributed by atoms with Gasteiger partial charge in [0.25, 0.3) is 0 Å². The van der Waals surface area contributed by atoms with Crippen molar-refractivity contribution in [3.05, 3.63) is 33.0 Å². The van der Waals surface area contributed by atoms with Gasteiger partial charge in [0.1, 0.15) is 5.82 Å². The summed E-state index contributed by atoms with van der Waals surface area (Å²) in [5.41, 5.74) is 7.97. The third-order valence-corrected chi connectivity index (χ3v) is 3.47. The molecule has 0 aliphatic rings. The van der Waals surface area contributed by atoms with E-state index in [4.69, 9.17) is 5.73 Å². The Morgan fingerprint density at radius 1 is 1.33 bits per heavy atom. The van der Waals surface area contributed by atoms with Gasteiger partial charge in [0.15, 0.2) is 0 Å². The smallest absolute Gasteiger partial charge is 0.129 e. The van der Waals surface area contributed by atoms with E-state index in [1.165, 1.54) is 0 Å². The molecule has 1 nitrogen and oxygen atoms in total. The van der Waals surface area contributed by atoms with Gasteiger partial charge in [-0.1, -0.05) is 15.9 Å². The second-order valence-electron chi connectivity index (χ2n) is 3.84. The Morgan fingerprint density at radius 3 is 2.60 bits per heavy atom. The SMILES string of the molecule is Cc1cc(Br)c(C)c(CCCCN)c1F. The molecule has 1 rings (SSSR count). The highest BCUT2D eigenvalue weighted by Crippen LogP contribution is 2.26. The van der Waals surface area contributed by atoms with Crippen LogP contribution in [0.2, 0.25) is 0 Å². The van der Waals surface area contributed by atoms with Crippen LogP contribution >= 0.6 is 15.9 Å². The first kappa shape index (κ1) is 12.7. The van der Waals surface area contributed by atoms with E-state index in [1.54, 1.807) is 6.92 Å². The minimum absolute atomic E-state index is 0.0623. The molecule has 0 saturated heterocycles. The lowest BCUT2D eigenvalue weighted by atomic mass is 9.99. The summed E-state index contributed by atoms with van der Waals surface area (Å²) in [6.45, 7) is 4.42. The first-order valence-electron chi connectivity index (χ1n) is 5.22. The molecular weight excluding hydrogens is 257 g/mol. The standard InChI is InChI=1S/C12H17BrFN/c1-8-7-11(13)9(2)10(12(8)14)5-3-4-6-15/h7H,3-6,15H2,1-2H3. The molecule has 3 heteroatoms. The van der Waals surface area contributed by atoms with Gasteiger partial charge >= 0.3 is 0 Å². The Labute approximate surface area is 99.0 Å². The van der Waals surface area contributed by atoms with E-state index in [1.807, 2.05) is 13.0 Å². The van der Waals surface area contributed by atoms with Crippen LogP contribution in [0.15, 0.2) is 10.5 Å². The van der Waals surface area contributed by atoms with Gasteiger partial charge < -0.3 is 5.73 Å². The summed E-state index contributed by atoms with van der Waals surface area (Å²) in [5.74, 6) is -0.0623. The zero-order chi connectivity index (χ0) is 11.4. The van der Waals surface area contributed by atoms with Gasteiger partial charge in [0, 0.05) is 4.47 Å². The van der Waals surface area contributed by atoms with Gasteiger partial charge in [-0.3, -0.25) is 0 Å². The van der Waals surface area contributed by atoms with Crippen LogP contribution in [0.1, 0.15) is 29.5 Å². The molecule has 0 atom stereocenters. The van der Waals surface area contributed by atoms with Gasteiger partial charge in [0.05, 0.1) is 0 Å². The second-order valence-corrected chi connectivity index (χ2v) is 4.69. The van der Waals surface area contributed by atoms with E-state index in [9.17, 15) is 4.39 Å². The molecule has 15 heavy (non-hydrogen) atoms. The highest BCUT2D eigenvalue weighted by Gasteiger charge is 2.11. The fourth-order valence-corrected chi connectivity index (χ4v) is 2.23.